The molecule has 0 aliphatic carbocycles. The number of sulfonamides is 1. The molecule has 0 atom stereocenters. The van der Waals surface area contributed by atoms with Crippen molar-refractivity contribution < 1.29 is 8.42 Å². The zero-order valence-electron chi connectivity index (χ0n) is 13.9. The van der Waals surface area contributed by atoms with Crippen LogP contribution in [0, 0.1) is 0 Å². The standard InChI is InChI=1S/C16H20ClN5O2S/c1-2-8-22-11-13(10-18-22)25(23,24)19-7-3-4-16-20-14-6-5-12(17)9-15(14)21-16/h5-6,9-11,19H,2-4,7-8H2,1H3,(H,20,21). The molecule has 0 aliphatic rings. The normalized spacial score (nSPS) is 12.1. The fourth-order valence-electron chi connectivity index (χ4n) is 2.53. The number of aromatic amines is 1. The van der Waals surface area contributed by atoms with Gasteiger partial charge in [0.1, 0.15) is 10.7 Å². The summed E-state index contributed by atoms with van der Waals surface area (Å²) < 4.78 is 28.7. The zero-order chi connectivity index (χ0) is 17.9. The third-order valence-corrected chi connectivity index (χ3v) is 5.40. The summed E-state index contributed by atoms with van der Waals surface area (Å²) in [5.41, 5.74) is 1.73. The van der Waals surface area contributed by atoms with Crippen molar-refractivity contribution in [2.45, 2.75) is 37.6 Å². The molecule has 0 spiro atoms. The van der Waals surface area contributed by atoms with Crippen LogP contribution < -0.4 is 4.72 Å². The van der Waals surface area contributed by atoms with Gasteiger partial charge in [0.15, 0.2) is 0 Å². The third-order valence-electron chi connectivity index (χ3n) is 3.75. The monoisotopic (exact) mass is 381 g/mol. The molecule has 0 amide bonds. The lowest BCUT2D eigenvalue weighted by Gasteiger charge is -2.03. The highest BCUT2D eigenvalue weighted by Crippen LogP contribution is 2.17. The number of imidazole rings is 1. The second kappa shape index (κ2) is 7.55. The van der Waals surface area contributed by atoms with Gasteiger partial charge in [-0.2, -0.15) is 5.10 Å². The van der Waals surface area contributed by atoms with Crippen molar-refractivity contribution in [2.24, 2.45) is 0 Å². The third kappa shape index (κ3) is 4.39. The maximum atomic E-state index is 12.2. The average Bonchev–Trinajstić information content (AvgIpc) is 3.18. The van der Waals surface area contributed by atoms with Crippen LogP contribution in [0.5, 0.6) is 0 Å². The summed E-state index contributed by atoms with van der Waals surface area (Å²) in [7, 11) is -3.52. The van der Waals surface area contributed by atoms with Gasteiger partial charge in [0.05, 0.1) is 17.2 Å². The van der Waals surface area contributed by atoms with Gasteiger partial charge in [-0.3, -0.25) is 4.68 Å². The van der Waals surface area contributed by atoms with E-state index in [1.165, 1.54) is 6.20 Å². The molecule has 3 rings (SSSR count). The fourth-order valence-corrected chi connectivity index (χ4v) is 3.73. The molecule has 134 valence electrons. The van der Waals surface area contributed by atoms with Crippen LogP contribution in [0.3, 0.4) is 0 Å². The first-order valence-electron chi connectivity index (χ1n) is 8.14. The van der Waals surface area contributed by atoms with Crippen LogP contribution in [0.15, 0.2) is 35.5 Å². The Morgan fingerprint density at radius 3 is 3.00 bits per heavy atom. The van der Waals surface area contributed by atoms with Crippen LogP contribution in [-0.4, -0.2) is 34.7 Å². The van der Waals surface area contributed by atoms with E-state index in [2.05, 4.69) is 19.8 Å². The molecular weight excluding hydrogens is 362 g/mol. The molecule has 1 aromatic carbocycles. The largest absolute Gasteiger partial charge is 0.342 e. The van der Waals surface area contributed by atoms with Gasteiger partial charge in [-0.1, -0.05) is 18.5 Å². The van der Waals surface area contributed by atoms with Crippen molar-refractivity contribution in [2.75, 3.05) is 6.54 Å². The first-order valence-corrected chi connectivity index (χ1v) is 10.0. The van der Waals surface area contributed by atoms with E-state index in [9.17, 15) is 8.42 Å². The van der Waals surface area contributed by atoms with E-state index in [-0.39, 0.29) is 4.90 Å². The lowest BCUT2D eigenvalue weighted by Crippen LogP contribution is -2.24. The average molecular weight is 382 g/mol. The number of nitrogens with one attached hydrogen (secondary N) is 2. The molecule has 0 fully saturated rings. The number of hydrogen-bond donors (Lipinski definition) is 2. The molecule has 9 heteroatoms. The van der Waals surface area contributed by atoms with Gasteiger partial charge >= 0.3 is 0 Å². The number of rotatable bonds is 8. The number of hydrogen-bond acceptors (Lipinski definition) is 4. The minimum atomic E-state index is -3.52. The highest BCUT2D eigenvalue weighted by molar-refractivity contribution is 7.89. The number of benzene rings is 1. The summed E-state index contributed by atoms with van der Waals surface area (Å²) in [5, 5.41) is 4.70. The Bertz CT molecular complexity index is 964. The molecule has 7 nitrogen and oxygen atoms in total. The fraction of sp³-hybridized carbons (Fsp3) is 0.375. The molecule has 2 N–H and O–H groups in total. The number of aryl methyl sites for hydroxylation is 2. The predicted molar refractivity (Wildman–Crippen MR) is 97.1 cm³/mol. The van der Waals surface area contributed by atoms with E-state index in [1.807, 2.05) is 19.1 Å². The Morgan fingerprint density at radius 1 is 1.36 bits per heavy atom. The first kappa shape index (κ1) is 17.9. The van der Waals surface area contributed by atoms with E-state index >= 15 is 0 Å². The Morgan fingerprint density at radius 2 is 2.20 bits per heavy atom. The van der Waals surface area contributed by atoms with Gasteiger partial charge in [0.2, 0.25) is 10.0 Å². The van der Waals surface area contributed by atoms with Gasteiger partial charge < -0.3 is 4.98 Å². The highest BCUT2D eigenvalue weighted by atomic mass is 35.5. The quantitative estimate of drug-likeness (QED) is 0.587. The molecule has 0 aliphatic heterocycles. The maximum absolute atomic E-state index is 12.2. The molecule has 25 heavy (non-hydrogen) atoms. The SMILES string of the molecule is CCCn1cc(S(=O)(=O)NCCCc2nc3ccc(Cl)cc3[nH]2)cn1. The van der Waals surface area contributed by atoms with E-state index < -0.39 is 10.0 Å². The van der Waals surface area contributed by atoms with Gasteiger partial charge in [-0.15, -0.1) is 0 Å². The van der Waals surface area contributed by atoms with Crippen LogP contribution >= 0.6 is 11.6 Å². The summed E-state index contributed by atoms with van der Waals surface area (Å²) in [5.74, 6) is 0.812. The van der Waals surface area contributed by atoms with Crippen molar-refractivity contribution in [1.29, 1.82) is 0 Å². The highest BCUT2D eigenvalue weighted by Gasteiger charge is 2.15. The summed E-state index contributed by atoms with van der Waals surface area (Å²) >= 11 is 5.95. The maximum Gasteiger partial charge on any atom is 0.243 e. The molecular formula is C16H20ClN5O2S. The minimum Gasteiger partial charge on any atom is -0.342 e. The summed E-state index contributed by atoms with van der Waals surface area (Å²) in [4.78, 5) is 7.86. The van der Waals surface area contributed by atoms with Gasteiger partial charge in [-0.05, 0) is 31.0 Å². The van der Waals surface area contributed by atoms with Gasteiger partial charge in [-0.25, -0.2) is 18.1 Å². The number of nitrogens with zero attached hydrogens (tertiary/aromatic N) is 3. The predicted octanol–water partition coefficient (Wildman–Crippen LogP) is 2.73. The molecule has 2 heterocycles. The Labute approximate surface area is 151 Å². The van der Waals surface area contributed by atoms with E-state index in [0.29, 0.717) is 31.0 Å². The van der Waals surface area contributed by atoms with Crippen LogP contribution in [0.2, 0.25) is 5.02 Å². The van der Waals surface area contributed by atoms with Crippen LogP contribution in [0.1, 0.15) is 25.6 Å². The van der Waals surface area contributed by atoms with Crippen LogP contribution in [0.4, 0.5) is 0 Å². The van der Waals surface area contributed by atoms with Crippen molar-refractivity contribution >= 4 is 32.7 Å². The Balaban J connectivity index is 1.54. The lowest BCUT2D eigenvalue weighted by atomic mass is 10.3. The van der Waals surface area contributed by atoms with E-state index in [4.69, 9.17) is 11.6 Å². The van der Waals surface area contributed by atoms with Gasteiger partial charge in [0, 0.05) is 30.7 Å². The number of H-pyrrole nitrogens is 1. The summed E-state index contributed by atoms with van der Waals surface area (Å²) in [6.07, 6.45) is 5.10. The van der Waals surface area contributed by atoms with Crippen molar-refractivity contribution in [3.8, 4) is 0 Å². The molecule has 2 aromatic heterocycles. The number of fused-ring (bicyclic) bond motifs is 1. The zero-order valence-corrected chi connectivity index (χ0v) is 15.4. The minimum absolute atomic E-state index is 0.194. The van der Waals surface area contributed by atoms with Crippen molar-refractivity contribution in [3.05, 3.63) is 41.4 Å². The topological polar surface area (TPSA) is 92.7 Å². The Kier molecular flexibility index (Phi) is 5.41. The first-order chi connectivity index (χ1) is 12.0. The van der Waals surface area contributed by atoms with Crippen molar-refractivity contribution in [1.82, 2.24) is 24.5 Å². The van der Waals surface area contributed by atoms with Crippen LogP contribution in [-0.2, 0) is 23.0 Å². The second-order valence-corrected chi connectivity index (χ2v) is 7.99. The molecule has 0 radical (unpaired) electrons. The smallest absolute Gasteiger partial charge is 0.243 e. The lowest BCUT2D eigenvalue weighted by molar-refractivity contribution is 0.576. The molecule has 3 aromatic rings. The summed E-state index contributed by atoms with van der Waals surface area (Å²) in [6.45, 7) is 3.05. The molecule has 0 bridgehead atoms. The number of aromatic nitrogens is 4. The van der Waals surface area contributed by atoms with E-state index in [1.54, 1.807) is 16.9 Å². The molecule has 0 saturated heterocycles. The summed E-state index contributed by atoms with van der Waals surface area (Å²) in [6, 6.07) is 5.47. The van der Waals surface area contributed by atoms with Crippen molar-refractivity contribution in [3.63, 3.8) is 0 Å². The second-order valence-electron chi connectivity index (χ2n) is 5.79. The Hall–Kier alpha value is -1.90. The van der Waals surface area contributed by atoms with Gasteiger partial charge in [0.25, 0.3) is 0 Å². The van der Waals surface area contributed by atoms with E-state index in [0.717, 1.165) is 23.3 Å². The van der Waals surface area contributed by atoms with Crippen LogP contribution in [0.25, 0.3) is 11.0 Å². The molecule has 0 unspecified atom stereocenters. The molecule has 0 saturated carbocycles. The number of halogens is 1.